The summed E-state index contributed by atoms with van der Waals surface area (Å²) in [5.74, 6) is -1.27. The molecule has 0 atom stereocenters. The Morgan fingerprint density at radius 1 is 0.920 bits per heavy atom. The number of carbonyl (C=O) groups is 2. The van der Waals surface area contributed by atoms with Crippen molar-refractivity contribution in [2.24, 2.45) is 0 Å². The van der Waals surface area contributed by atoms with Crippen LogP contribution in [0.25, 0.3) is 11.1 Å². The van der Waals surface area contributed by atoms with Gasteiger partial charge in [-0.15, -0.1) is 0 Å². The summed E-state index contributed by atoms with van der Waals surface area (Å²) in [6.07, 6.45) is 3.00. The molecular formula is C20H14FNO3. The molecule has 0 saturated carbocycles. The minimum atomic E-state index is -0.609. The molecule has 0 fully saturated rings. The molecule has 0 aliphatic carbocycles. The number of carbonyl (C=O) groups excluding carboxylic acids is 2. The van der Waals surface area contributed by atoms with E-state index in [9.17, 15) is 14.0 Å². The highest BCUT2D eigenvalue weighted by Gasteiger charge is 2.16. The van der Waals surface area contributed by atoms with Crippen LogP contribution >= 0.6 is 0 Å². The lowest BCUT2D eigenvalue weighted by Gasteiger charge is -2.09. The highest BCUT2D eigenvalue weighted by molar-refractivity contribution is 6.01. The van der Waals surface area contributed by atoms with Gasteiger partial charge < -0.3 is 4.74 Å². The average molecular weight is 335 g/mol. The molecule has 124 valence electrons. The highest BCUT2D eigenvalue weighted by atomic mass is 19.1. The van der Waals surface area contributed by atoms with Crippen molar-refractivity contribution >= 4 is 11.8 Å². The number of nitrogens with zero attached hydrogens (tertiary/aromatic N) is 1. The molecule has 0 unspecified atom stereocenters. The summed E-state index contributed by atoms with van der Waals surface area (Å²) in [5, 5.41) is 0. The number of Topliss-reactive ketones (excluding diaryl/α,β-unsaturated/α-hetero) is 1. The van der Waals surface area contributed by atoms with Crippen molar-refractivity contribution in [3.63, 3.8) is 0 Å². The zero-order chi connectivity index (χ0) is 17.6. The summed E-state index contributed by atoms with van der Waals surface area (Å²) >= 11 is 0. The van der Waals surface area contributed by atoms with E-state index in [0.717, 1.165) is 0 Å². The van der Waals surface area contributed by atoms with Crippen LogP contribution in [0.2, 0.25) is 0 Å². The second-order valence-corrected chi connectivity index (χ2v) is 5.29. The summed E-state index contributed by atoms with van der Waals surface area (Å²) in [7, 11) is 0. The maximum Gasteiger partial charge on any atom is 0.339 e. The molecular weight excluding hydrogens is 321 g/mol. The van der Waals surface area contributed by atoms with Crippen molar-refractivity contribution in [1.82, 2.24) is 4.98 Å². The van der Waals surface area contributed by atoms with Gasteiger partial charge in [-0.3, -0.25) is 9.78 Å². The van der Waals surface area contributed by atoms with Crippen LogP contribution < -0.4 is 0 Å². The van der Waals surface area contributed by atoms with Crippen LogP contribution in [-0.4, -0.2) is 23.3 Å². The summed E-state index contributed by atoms with van der Waals surface area (Å²) in [6.45, 7) is -0.361. The Kier molecular flexibility index (Phi) is 4.95. The van der Waals surface area contributed by atoms with Gasteiger partial charge in [-0.05, 0) is 41.5 Å². The molecule has 5 heteroatoms. The number of aromatic nitrogens is 1. The number of halogens is 1. The maximum atomic E-state index is 13.1. The van der Waals surface area contributed by atoms with Crippen molar-refractivity contribution in [1.29, 1.82) is 0 Å². The summed E-state index contributed by atoms with van der Waals surface area (Å²) in [4.78, 5) is 28.2. The maximum absolute atomic E-state index is 13.1. The molecule has 0 saturated heterocycles. The van der Waals surface area contributed by atoms with Gasteiger partial charge in [0, 0.05) is 18.0 Å². The fourth-order valence-corrected chi connectivity index (χ4v) is 2.37. The van der Waals surface area contributed by atoms with Crippen molar-refractivity contribution < 1.29 is 18.7 Å². The first-order valence-corrected chi connectivity index (χ1v) is 7.60. The van der Waals surface area contributed by atoms with Crippen molar-refractivity contribution in [2.45, 2.75) is 0 Å². The van der Waals surface area contributed by atoms with E-state index in [2.05, 4.69) is 4.98 Å². The van der Waals surface area contributed by atoms with Gasteiger partial charge in [0.05, 0.1) is 5.56 Å². The van der Waals surface area contributed by atoms with Crippen LogP contribution in [0.1, 0.15) is 20.7 Å². The standard InChI is InChI=1S/C20H14FNO3/c21-16-7-5-14(6-8-16)17-3-1-2-4-18(17)20(24)25-13-19(23)15-9-11-22-12-10-15/h1-12H,13H2. The Morgan fingerprint density at radius 2 is 1.60 bits per heavy atom. The lowest BCUT2D eigenvalue weighted by molar-refractivity contribution is 0.0475. The predicted octanol–water partition coefficient (Wildman–Crippen LogP) is 3.93. The zero-order valence-corrected chi connectivity index (χ0v) is 13.2. The first-order chi connectivity index (χ1) is 12.1. The molecule has 0 aliphatic heterocycles. The minimum Gasteiger partial charge on any atom is -0.454 e. The van der Waals surface area contributed by atoms with Gasteiger partial charge in [0.25, 0.3) is 0 Å². The fraction of sp³-hybridized carbons (Fsp3) is 0.0500. The molecule has 4 nitrogen and oxygen atoms in total. The third-order valence-electron chi connectivity index (χ3n) is 3.64. The first kappa shape index (κ1) is 16.5. The Labute approximate surface area is 143 Å². The second-order valence-electron chi connectivity index (χ2n) is 5.29. The van der Waals surface area contributed by atoms with E-state index < -0.39 is 5.97 Å². The summed E-state index contributed by atoms with van der Waals surface area (Å²) in [5.41, 5.74) is 2.05. The zero-order valence-electron chi connectivity index (χ0n) is 13.2. The summed E-state index contributed by atoms with van der Waals surface area (Å²) in [6, 6.07) is 15.8. The summed E-state index contributed by atoms with van der Waals surface area (Å²) < 4.78 is 18.2. The Hall–Kier alpha value is -3.34. The molecule has 0 N–H and O–H groups in total. The second kappa shape index (κ2) is 7.49. The van der Waals surface area contributed by atoms with Crippen LogP contribution in [0, 0.1) is 5.82 Å². The lowest BCUT2D eigenvalue weighted by Crippen LogP contribution is -2.15. The molecule has 3 rings (SSSR count). The monoisotopic (exact) mass is 335 g/mol. The van der Waals surface area contributed by atoms with E-state index in [0.29, 0.717) is 22.3 Å². The van der Waals surface area contributed by atoms with Crippen LogP contribution in [0.5, 0.6) is 0 Å². The van der Waals surface area contributed by atoms with Crippen molar-refractivity contribution in [2.75, 3.05) is 6.61 Å². The Bertz CT molecular complexity index is 892. The number of esters is 1. The normalized spacial score (nSPS) is 10.3. The predicted molar refractivity (Wildman–Crippen MR) is 90.7 cm³/mol. The van der Waals surface area contributed by atoms with E-state index in [-0.39, 0.29) is 18.2 Å². The van der Waals surface area contributed by atoms with Gasteiger partial charge in [-0.25, -0.2) is 9.18 Å². The van der Waals surface area contributed by atoms with Crippen molar-refractivity contribution in [3.8, 4) is 11.1 Å². The molecule has 0 amide bonds. The molecule has 3 aromatic rings. The molecule has 0 aliphatic rings. The molecule has 0 radical (unpaired) electrons. The number of hydrogen-bond acceptors (Lipinski definition) is 4. The minimum absolute atomic E-state index is 0.310. The van der Waals surface area contributed by atoms with E-state index in [1.807, 2.05) is 0 Å². The van der Waals surface area contributed by atoms with Crippen molar-refractivity contribution in [3.05, 3.63) is 90.0 Å². The Morgan fingerprint density at radius 3 is 2.32 bits per heavy atom. The van der Waals surface area contributed by atoms with Crippen LogP contribution in [0.15, 0.2) is 73.1 Å². The van der Waals surface area contributed by atoms with Crippen LogP contribution in [0.4, 0.5) is 4.39 Å². The van der Waals surface area contributed by atoms with E-state index in [1.54, 1.807) is 48.5 Å². The average Bonchev–Trinajstić information content (AvgIpc) is 2.67. The van der Waals surface area contributed by atoms with Gasteiger partial charge >= 0.3 is 5.97 Å². The Balaban J connectivity index is 1.77. The van der Waals surface area contributed by atoms with Gasteiger partial charge in [0.2, 0.25) is 0 Å². The third-order valence-corrected chi connectivity index (χ3v) is 3.64. The van der Waals surface area contributed by atoms with Crippen LogP contribution in [0.3, 0.4) is 0 Å². The number of benzene rings is 2. The third kappa shape index (κ3) is 3.95. The smallest absolute Gasteiger partial charge is 0.339 e. The van der Waals surface area contributed by atoms with E-state index in [1.165, 1.54) is 24.5 Å². The number of pyridine rings is 1. The SMILES string of the molecule is O=C(COC(=O)c1ccccc1-c1ccc(F)cc1)c1ccncc1. The highest BCUT2D eigenvalue weighted by Crippen LogP contribution is 2.24. The van der Waals surface area contributed by atoms with Gasteiger partial charge in [0.1, 0.15) is 5.82 Å². The quantitative estimate of drug-likeness (QED) is 0.524. The molecule has 25 heavy (non-hydrogen) atoms. The molecule has 1 aromatic heterocycles. The number of rotatable bonds is 5. The van der Waals surface area contributed by atoms with Gasteiger partial charge in [0.15, 0.2) is 12.4 Å². The topological polar surface area (TPSA) is 56.3 Å². The fourth-order valence-electron chi connectivity index (χ4n) is 2.37. The van der Waals surface area contributed by atoms with E-state index >= 15 is 0 Å². The molecule has 2 aromatic carbocycles. The number of hydrogen-bond donors (Lipinski definition) is 0. The number of ether oxygens (including phenoxy) is 1. The first-order valence-electron chi connectivity index (χ1n) is 7.60. The van der Waals surface area contributed by atoms with Gasteiger partial charge in [-0.2, -0.15) is 0 Å². The molecule has 0 bridgehead atoms. The molecule has 0 spiro atoms. The largest absolute Gasteiger partial charge is 0.454 e. The van der Waals surface area contributed by atoms with Crippen LogP contribution in [-0.2, 0) is 4.74 Å². The van der Waals surface area contributed by atoms with E-state index in [4.69, 9.17) is 4.74 Å². The number of ketones is 1. The van der Waals surface area contributed by atoms with Gasteiger partial charge in [-0.1, -0.05) is 30.3 Å². The molecule has 1 heterocycles. The lowest BCUT2D eigenvalue weighted by atomic mass is 10.00.